The molecule has 4 nitrogen and oxygen atoms in total. The van der Waals surface area contributed by atoms with E-state index in [1.807, 2.05) is 44.2 Å². The average molecular weight is 343 g/mol. The van der Waals surface area contributed by atoms with Gasteiger partial charge in [-0.05, 0) is 50.2 Å². The Hall–Kier alpha value is -1.95. The van der Waals surface area contributed by atoms with Gasteiger partial charge in [0.25, 0.3) is 0 Å². The van der Waals surface area contributed by atoms with Gasteiger partial charge in [0.1, 0.15) is 18.5 Å². The van der Waals surface area contributed by atoms with Crippen LogP contribution in [0.3, 0.4) is 0 Å². The summed E-state index contributed by atoms with van der Waals surface area (Å²) in [5.74, 6) is 0.662. The van der Waals surface area contributed by atoms with Crippen molar-refractivity contribution in [2.24, 2.45) is 0 Å². The van der Waals surface area contributed by atoms with Gasteiger partial charge in [0.05, 0.1) is 0 Å². The van der Waals surface area contributed by atoms with Crippen molar-refractivity contribution in [3.8, 4) is 5.75 Å². The number of nitrogens with one attached hydrogen (secondary N) is 1. The number of aliphatic hydroxyl groups is 1. The molecule has 0 aliphatic carbocycles. The highest BCUT2D eigenvalue weighted by molar-refractivity contribution is 7.24. The van der Waals surface area contributed by atoms with Crippen molar-refractivity contribution < 1.29 is 9.84 Å². The lowest BCUT2D eigenvalue weighted by Gasteiger charge is -2.16. The molecule has 126 valence electrons. The smallest absolute Gasteiger partial charge is 0.196 e. The summed E-state index contributed by atoms with van der Waals surface area (Å²) in [5, 5.41) is 14.2. The van der Waals surface area contributed by atoms with Crippen LogP contribution in [0.5, 0.6) is 5.75 Å². The Kier molecular flexibility index (Phi) is 4.85. The van der Waals surface area contributed by atoms with Gasteiger partial charge in [-0.3, -0.25) is 4.79 Å². The van der Waals surface area contributed by atoms with Crippen molar-refractivity contribution in [1.82, 2.24) is 5.32 Å². The van der Waals surface area contributed by atoms with Gasteiger partial charge in [0.2, 0.25) is 0 Å². The number of fused-ring (bicyclic) bond motifs is 2. The Bertz CT molecular complexity index is 949. The van der Waals surface area contributed by atoms with E-state index in [-0.39, 0.29) is 12.0 Å². The maximum atomic E-state index is 12.8. The normalized spacial score (nSPS) is 12.7. The van der Waals surface area contributed by atoms with E-state index in [9.17, 15) is 9.90 Å². The Morgan fingerprint density at radius 2 is 1.96 bits per heavy atom. The highest BCUT2D eigenvalue weighted by Crippen LogP contribution is 2.33. The fraction of sp³-hybridized carbons (Fsp3) is 0.316. The molecule has 2 N–H and O–H groups in total. The van der Waals surface area contributed by atoms with Gasteiger partial charge in [-0.25, -0.2) is 0 Å². The molecular weight excluding hydrogens is 322 g/mol. The van der Waals surface area contributed by atoms with Crippen LogP contribution in [-0.2, 0) is 0 Å². The van der Waals surface area contributed by atoms with Crippen molar-refractivity contribution >= 4 is 31.5 Å². The maximum absolute atomic E-state index is 12.8. The third kappa shape index (κ3) is 3.02. The summed E-state index contributed by atoms with van der Waals surface area (Å²) in [7, 11) is 1.78. The van der Waals surface area contributed by atoms with Crippen LogP contribution in [0.1, 0.15) is 11.1 Å². The fourth-order valence-corrected chi connectivity index (χ4v) is 4.00. The van der Waals surface area contributed by atoms with Gasteiger partial charge >= 0.3 is 0 Å². The zero-order valence-electron chi connectivity index (χ0n) is 14.1. The molecule has 0 saturated carbocycles. The van der Waals surface area contributed by atoms with E-state index in [0.29, 0.717) is 17.7 Å². The third-order valence-corrected chi connectivity index (χ3v) is 5.56. The van der Waals surface area contributed by atoms with Gasteiger partial charge in [0.15, 0.2) is 5.43 Å². The number of ether oxygens (including phenoxy) is 1. The molecule has 0 bridgehead atoms. The zero-order chi connectivity index (χ0) is 17.3. The van der Waals surface area contributed by atoms with Crippen LogP contribution in [-0.4, -0.2) is 31.4 Å². The Morgan fingerprint density at radius 3 is 2.71 bits per heavy atom. The van der Waals surface area contributed by atoms with Gasteiger partial charge in [-0.15, -0.1) is 11.3 Å². The predicted molar refractivity (Wildman–Crippen MR) is 101 cm³/mol. The monoisotopic (exact) mass is 343 g/mol. The van der Waals surface area contributed by atoms with Crippen LogP contribution in [0, 0.1) is 13.8 Å². The minimum absolute atomic E-state index is 0.0306. The minimum Gasteiger partial charge on any atom is -0.491 e. The minimum atomic E-state index is -0.587. The van der Waals surface area contributed by atoms with Crippen molar-refractivity contribution in [3.05, 3.63) is 51.7 Å². The summed E-state index contributed by atoms with van der Waals surface area (Å²) in [6.45, 7) is 4.66. The second kappa shape index (κ2) is 6.89. The molecule has 0 aliphatic heterocycles. The summed E-state index contributed by atoms with van der Waals surface area (Å²) >= 11 is 1.63. The van der Waals surface area contributed by atoms with Crippen LogP contribution >= 0.6 is 11.3 Å². The number of likely N-dealkylation sites (N-methyl/N-ethyl adjacent to an activating group) is 1. The van der Waals surface area contributed by atoms with Gasteiger partial charge < -0.3 is 15.2 Å². The van der Waals surface area contributed by atoms with Crippen LogP contribution in [0.4, 0.5) is 0 Å². The molecular formula is C19H21NO3S. The molecule has 0 saturated heterocycles. The van der Waals surface area contributed by atoms with Crippen LogP contribution in [0.2, 0.25) is 0 Å². The predicted octanol–water partition coefficient (Wildman–Crippen LogP) is 2.99. The third-order valence-electron chi connectivity index (χ3n) is 4.25. The second-order valence-corrected chi connectivity index (χ2v) is 7.00. The highest BCUT2D eigenvalue weighted by Gasteiger charge is 2.14. The summed E-state index contributed by atoms with van der Waals surface area (Å²) in [6, 6.07) is 9.49. The van der Waals surface area contributed by atoms with Crippen LogP contribution in [0.25, 0.3) is 20.2 Å². The number of rotatable bonds is 5. The summed E-state index contributed by atoms with van der Waals surface area (Å²) in [6.07, 6.45) is -0.587. The van der Waals surface area contributed by atoms with Crippen molar-refractivity contribution in [2.75, 3.05) is 20.2 Å². The van der Waals surface area contributed by atoms with Gasteiger partial charge in [-0.1, -0.05) is 12.1 Å². The second-order valence-electron chi connectivity index (χ2n) is 5.95. The first-order chi connectivity index (χ1) is 11.5. The molecule has 0 radical (unpaired) electrons. The number of hydrogen-bond donors (Lipinski definition) is 2. The fourth-order valence-electron chi connectivity index (χ4n) is 2.79. The first-order valence-corrected chi connectivity index (χ1v) is 8.75. The number of aliphatic hydroxyl groups excluding tert-OH is 1. The molecule has 0 spiro atoms. The molecule has 0 aliphatic rings. The first-order valence-electron chi connectivity index (χ1n) is 7.94. The molecule has 24 heavy (non-hydrogen) atoms. The van der Waals surface area contributed by atoms with E-state index in [4.69, 9.17) is 4.74 Å². The standard InChI is InChI=1S/C19H21NO3S/c1-11-12(2)19-15(8-16(11)23-10-13(21)9-20-3)18(22)14-6-4-5-7-17(14)24-19/h4-8,13,20-21H,9-10H2,1-3H3. The lowest BCUT2D eigenvalue weighted by atomic mass is 10.1. The van der Waals surface area contributed by atoms with Crippen molar-refractivity contribution in [1.29, 1.82) is 0 Å². The summed E-state index contributed by atoms with van der Waals surface area (Å²) in [5.41, 5.74) is 2.09. The SMILES string of the molecule is CNCC(O)COc1cc2c(=O)c3ccccc3sc2c(C)c1C. The molecule has 0 amide bonds. The average Bonchev–Trinajstić information content (AvgIpc) is 2.58. The van der Waals surface area contributed by atoms with E-state index in [1.165, 1.54) is 0 Å². The van der Waals surface area contributed by atoms with Gasteiger partial charge in [-0.2, -0.15) is 0 Å². The van der Waals surface area contributed by atoms with Crippen LogP contribution in [0.15, 0.2) is 35.1 Å². The lowest BCUT2D eigenvalue weighted by molar-refractivity contribution is 0.108. The molecule has 0 fully saturated rings. The number of benzene rings is 2. The van der Waals surface area contributed by atoms with E-state index >= 15 is 0 Å². The summed E-state index contributed by atoms with van der Waals surface area (Å²) in [4.78, 5) is 12.8. The molecule has 3 rings (SSSR count). The molecule has 1 unspecified atom stereocenters. The molecule has 1 atom stereocenters. The van der Waals surface area contributed by atoms with E-state index in [2.05, 4.69) is 5.32 Å². The molecule has 3 aromatic rings. The van der Waals surface area contributed by atoms with Crippen LogP contribution < -0.4 is 15.5 Å². The largest absolute Gasteiger partial charge is 0.491 e. The Labute approximate surface area is 144 Å². The summed E-state index contributed by atoms with van der Waals surface area (Å²) < 4.78 is 7.78. The van der Waals surface area contributed by atoms with E-state index in [1.54, 1.807) is 18.4 Å². The Morgan fingerprint density at radius 1 is 1.21 bits per heavy atom. The van der Waals surface area contributed by atoms with Crippen molar-refractivity contribution in [2.45, 2.75) is 20.0 Å². The number of aryl methyl sites for hydroxylation is 1. The topological polar surface area (TPSA) is 58.6 Å². The van der Waals surface area contributed by atoms with E-state index in [0.717, 1.165) is 25.9 Å². The lowest BCUT2D eigenvalue weighted by Crippen LogP contribution is -2.29. The molecule has 5 heteroatoms. The van der Waals surface area contributed by atoms with E-state index < -0.39 is 6.10 Å². The zero-order valence-corrected chi connectivity index (χ0v) is 14.9. The van der Waals surface area contributed by atoms with Crippen molar-refractivity contribution in [3.63, 3.8) is 0 Å². The molecule has 1 aromatic heterocycles. The Balaban J connectivity index is 2.12. The van der Waals surface area contributed by atoms with Gasteiger partial charge in [0, 0.05) is 26.7 Å². The number of hydrogen-bond acceptors (Lipinski definition) is 5. The maximum Gasteiger partial charge on any atom is 0.196 e. The quantitative estimate of drug-likeness (QED) is 0.699. The first kappa shape index (κ1) is 16.9. The molecule has 1 heterocycles. The molecule has 2 aromatic carbocycles. The highest BCUT2D eigenvalue weighted by atomic mass is 32.1.